The predicted octanol–water partition coefficient (Wildman–Crippen LogP) is 2.70. The number of aliphatic hydroxyl groups is 1. The molecule has 134 valence electrons. The summed E-state index contributed by atoms with van der Waals surface area (Å²) in [5, 5.41) is 26.9. The van der Waals surface area contributed by atoms with Crippen LogP contribution < -0.4 is 10.6 Å². The Morgan fingerprint density at radius 2 is 2.08 bits per heavy atom. The fourth-order valence-corrected chi connectivity index (χ4v) is 2.25. The smallest absolute Gasteiger partial charge is 0.271 e. The van der Waals surface area contributed by atoms with Crippen LogP contribution in [0.25, 0.3) is 0 Å². The molecular formula is C17H27N3O4. The molecule has 1 aromatic carbocycles. The van der Waals surface area contributed by atoms with E-state index in [2.05, 4.69) is 10.6 Å². The third-order valence-electron chi connectivity index (χ3n) is 4.31. The van der Waals surface area contributed by atoms with Crippen molar-refractivity contribution in [2.45, 2.75) is 52.2 Å². The maximum absolute atomic E-state index is 12.0. The molecule has 24 heavy (non-hydrogen) atoms. The van der Waals surface area contributed by atoms with E-state index in [1.165, 1.54) is 18.2 Å². The zero-order valence-corrected chi connectivity index (χ0v) is 14.7. The summed E-state index contributed by atoms with van der Waals surface area (Å²) in [6.45, 7) is 8.05. The average molecular weight is 337 g/mol. The van der Waals surface area contributed by atoms with Gasteiger partial charge in [0.15, 0.2) is 0 Å². The summed E-state index contributed by atoms with van der Waals surface area (Å²) < 4.78 is 0. The lowest BCUT2D eigenvalue weighted by atomic mass is 9.88. The number of nitrogens with zero attached hydrogens (tertiary/aromatic N) is 1. The molecule has 0 bridgehead atoms. The summed E-state index contributed by atoms with van der Waals surface area (Å²) in [7, 11) is 0. The van der Waals surface area contributed by atoms with E-state index in [1.54, 1.807) is 13.0 Å². The number of nitro groups is 1. The molecule has 0 fully saturated rings. The molecule has 0 aromatic heterocycles. The number of nitro benzene ring substituents is 1. The van der Waals surface area contributed by atoms with Crippen molar-refractivity contribution in [1.29, 1.82) is 0 Å². The van der Waals surface area contributed by atoms with Gasteiger partial charge in [-0.3, -0.25) is 14.9 Å². The summed E-state index contributed by atoms with van der Waals surface area (Å²) >= 11 is 0. The molecule has 0 aliphatic heterocycles. The first-order valence-corrected chi connectivity index (χ1v) is 8.15. The van der Waals surface area contributed by atoms with Gasteiger partial charge in [0.05, 0.1) is 10.5 Å². The SMILES string of the molecule is CCC(C)C(C)(O)CNC(C)CC(=O)Nc1cccc([N+](=O)[O-])c1. The first kappa shape index (κ1) is 20.1. The van der Waals surface area contributed by atoms with Gasteiger partial charge in [-0.25, -0.2) is 0 Å². The zero-order valence-electron chi connectivity index (χ0n) is 14.7. The van der Waals surface area contributed by atoms with Crippen LogP contribution in [0.2, 0.25) is 0 Å². The molecule has 0 aliphatic carbocycles. The molecule has 7 heteroatoms. The molecule has 1 rings (SSSR count). The van der Waals surface area contributed by atoms with Gasteiger partial charge in [-0.15, -0.1) is 0 Å². The lowest BCUT2D eigenvalue weighted by Gasteiger charge is -2.31. The molecule has 0 saturated heterocycles. The Hall–Kier alpha value is -1.99. The van der Waals surface area contributed by atoms with Gasteiger partial charge in [-0.2, -0.15) is 0 Å². The number of hydrogen-bond donors (Lipinski definition) is 3. The van der Waals surface area contributed by atoms with Gasteiger partial charge < -0.3 is 15.7 Å². The Bertz CT molecular complexity index is 575. The highest BCUT2D eigenvalue weighted by molar-refractivity contribution is 5.91. The number of amides is 1. The Morgan fingerprint density at radius 1 is 1.42 bits per heavy atom. The second-order valence-electron chi connectivity index (χ2n) is 6.51. The number of anilines is 1. The fraction of sp³-hybridized carbons (Fsp3) is 0.588. The molecule has 1 amide bonds. The van der Waals surface area contributed by atoms with E-state index >= 15 is 0 Å². The molecule has 3 unspecified atom stereocenters. The van der Waals surface area contributed by atoms with Gasteiger partial charge in [0, 0.05) is 36.8 Å². The second kappa shape index (κ2) is 8.75. The van der Waals surface area contributed by atoms with Gasteiger partial charge in [0.25, 0.3) is 5.69 Å². The maximum atomic E-state index is 12.0. The zero-order chi connectivity index (χ0) is 18.3. The molecule has 7 nitrogen and oxygen atoms in total. The summed E-state index contributed by atoms with van der Waals surface area (Å²) in [6, 6.07) is 5.70. The summed E-state index contributed by atoms with van der Waals surface area (Å²) in [6.07, 6.45) is 1.08. The van der Waals surface area contributed by atoms with Gasteiger partial charge in [-0.1, -0.05) is 26.3 Å². The average Bonchev–Trinajstić information content (AvgIpc) is 2.52. The minimum Gasteiger partial charge on any atom is -0.389 e. The maximum Gasteiger partial charge on any atom is 0.271 e. The number of benzene rings is 1. The lowest BCUT2D eigenvalue weighted by molar-refractivity contribution is -0.384. The molecular weight excluding hydrogens is 310 g/mol. The van der Waals surface area contributed by atoms with Crippen LogP contribution in [0.1, 0.15) is 40.5 Å². The molecule has 3 N–H and O–H groups in total. The predicted molar refractivity (Wildman–Crippen MR) is 93.9 cm³/mol. The van der Waals surface area contributed by atoms with Gasteiger partial charge >= 0.3 is 0 Å². The molecule has 0 aliphatic rings. The molecule has 0 spiro atoms. The van der Waals surface area contributed by atoms with Crippen LogP contribution in [0.5, 0.6) is 0 Å². The van der Waals surface area contributed by atoms with E-state index in [1.807, 2.05) is 20.8 Å². The number of carbonyl (C=O) groups is 1. The van der Waals surface area contributed by atoms with E-state index in [0.29, 0.717) is 12.2 Å². The number of non-ortho nitro benzene ring substituents is 1. The van der Waals surface area contributed by atoms with Crippen molar-refractivity contribution in [3.05, 3.63) is 34.4 Å². The third kappa shape index (κ3) is 6.25. The van der Waals surface area contributed by atoms with Crippen LogP contribution in [-0.4, -0.2) is 34.1 Å². The highest BCUT2D eigenvalue weighted by atomic mass is 16.6. The van der Waals surface area contributed by atoms with Gasteiger partial charge in [0.1, 0.15) is 0 Å². The number of nitrogens with one attached hydrogen (secondary N) is 2. The number of carbonyl (C=O) groups excluding carboxylic acids is 1. The molecule has 1 aromatic rings. The molecule has 0 heterocycles. The fourth-order valence-electron chi connectivity index (χ4n) is 2.25. The minimum absolute atomic E-state index is 0.0661. The van der Waals surface area contributed by atoms with E-state index < -0.39 is 10.5 Å². The molecule has 0 radical (unpaired) electrons. The van der Waals surface area contributed by atoms with Crippen molar-refractivity contribution in [2.75, 3.05) is 11.9 Å². The van der Waals surface area contributed by atoms with E-state index in [-0.39, 0.29) is 30.0 Å². The summed E-state index contributed by atoms with van der Waals surface area (Å²) in [5.41, 5.74) is -0.504. The largest absolute Gasteiger partial charge is 0.389 e. The van der Waals surface area contributed by atoms with Crippen LogP contribution in [0.15, 0.2) is 24.3 Å². The topological polar surface area (TPSA) is 104 Å². The van der Waals surface area contributed by atoms with Gasteiger partial charge in [-0.05, 0) is 25.8 Å². The monoisotopic (exact) mass is 337 g/mol. The van der Waals surface area contributed by atoms with Crippen molar-refractivity contribution in [3.8, 4) is 0 Å². The molecule has 0 saturated carbocycles. The lowest BCUT2D eigenvalue weighted by Crippen LogP contribution is -2.46. The Kier molecular flexibility index (Phi) is 7.31. The number of rotatable bonds is 9. The van der Waals surface area contributed by atoms with Crippen LogP contribution in [0.3, 0.4) is 0 Å². The first-order valence-electron chi connectivity index (χ1n) is 8.15. The Labute approximate surface area is 142 Å². The number of hydrogen-bond acceptors (Lipinski definition) is 5. The second-order valence-corrected chi connectivity index (χ2v) is 6.51. The van der Waals surface area contributed by atoms with Crippen molar-refractivity contribution >= 4 is 17.3 Å². The minimum atomic E-state index is -0.834. The standard InChI is InChI=1S/C17H27N3O4/c1-5-12(2)17(4,22)11-18-13(3)9-16(21)19-14-7-6-8-15(10-14)20(23)24/h6-8,10,12-13,18,22H,5,9,11H2,1-4H3,(H,19,21). The van der Waals surface area contributed by atoms with E-state index in [9.17, 15) is 20.0 Å². The quantitative estimate of drug-likeness (QED) is 0.475. The Morgan fingerprint density at radius 3 is 2.67 bits per heavy atom. The van der Waals surface area contributed by atoms with Crippen LogP contribution >= 0.6 is 0 Å². The van der Waals surface area contributed by atoms with Crippen molar-refractivity contribution < 1.29 is 14.8 Å². The summed E-state index contributed by atoms with van der Waals surface area (Å²) in [4.78, 5) is 22.3. The van der Waals surface area contributed by atoms with Crippen LogP contribution in [0.4, 0.5) is 11.4 Å². The highest BCUT2D eigenvalue weighted by Gasteiger charge is 2.27. The van der Waals surface area contributed by atoms with Crippen LogP contribution in [-0.2, 0) is 4.79 Å². The van der Waals surface area contributed by atoms with Crippen molar-refractivity contribution in [3.63, 3.8) is 0 Å². The Balaban J connectivity index is 2.50. The van der Waals surface area contributed by atoms with Gasteiger partial charge in [0.2, 0.25) is 5.91 Å². The normalized spacial score (nSPS) is 16.0. The third-order valence-corrected chi connectivity index (χ3v) is 4.31. The van der Waals surface area contributed by atoms with Crippen molar-refractivity contribution in [2.24, 2.45) is 5.92 Å². The van der Waals surface area contributed by atoms with Crippen LogP contribution in [0, 0.1) is 16.0 Å². The highest BCUT2D eigenvalue weighted by Crippen LogP contribution is 2.19. The van der Waals surface area contributed by atoms with E-state index in [0.717, 1.165) is 6.42 Å². The summed E-state index contributed by atoms with van der Waals surface area (Å²) in [5.74, 6) is -0.0884. The van der Waals surface area contributed by atoms with Crippen molar-refractivity contribution in [1.82, 2.24) is 5.32 Å². The first-order chi connectivity index (χ1) is 11.2. The molecule has 3 atom stereocenters. The van der Waals surface area contributed by atoms with E-state index in [4.69, 9.17) is 0 Å².